The number of methoxy groups -OCH3 is 3. The van der Waals surface area contributed by atoms with E-state index in [1.807, 2.05) is 23.6 Å². The molecular formula is C20H21N3O4S. The lowest BCUT2D eigenvalue weighted by molar-refractivity contribution is 0.404. The summed E-state index contributed by atoms with van der Waals surface area (Å²) in [6.07, 6.45) is 1.56. The fourth-order valence-electron chi connectivity index (χ4n) is 2.65. The average molecular weight is 399 g/mol. The monoisotopic (exact) mass is 399 g/mol. The first kappa shape index (κ1) is 19.5. The van der Waals surface area contributed by atoms with Crippen LogP contribution in [0.5, 0.6) is 23.0 Å². The number of rotatable bonds is 6. The number of phenols is 1. The second-order valence-electron chi connectivity index (χ2n) is 5.67. The lowest BCUT2D eigenvalue weighted by Crippen LogP contribution is -2.12. The van der Waals surface area contributed by atoms with E-state index in [0.717, 1.165) is 11.3 Å². The van der Waals surface area contributed by atoms with Gasteiger partial charge in [-0.2, -0.15) is 5.10 Å². The zero-order chi connectivity index (χ0) is 20.1. The molecule has 0 bridgehead atoms. The van der Waals surface area contributed by atoms with Crippen LogP contribution in [0.2, 0.25) is 0 Å². The fourth-order valence-corrected chi connectivity index (χ4v) is 3.44. The molecule has 28 heavy (non-hydrogen) atoms. The van der Waals surface area contributed by atoms with E-state index in [1.54, 1.807) is 57.5 Å². The number of hydrogen-bond acceptors (Lipinski definition) is 7. The summed E-state index contributed by atoms with van der Waals surface area (Å²) in [7, 11) is 6.50. The van der Waals surface area contributed by atoms with Crippen LogP contribution in [-0.4, -0.2) is 44.4 Å². The van der Waals surface area contributed by atoms with Crippen molar-refractivity contribution in [1.82, 2.24) is 4.68 Å². The van der Waals surface area contributed by atoms with Crippen LogP contribution in [0.25, 0.3) is 11.3 Å². The Labute approximate surface area is 166 Å². The maximum absolute atomic E-state index is 10.1. The quantitative estimate of drug-likeness (QED) is 0.645. The third-order valence-corrected chi connectivity index (χ3v) is 5.01. The van der Waals surface area contributed by atoms with Crippen LogP contribution in [0, 0.1) is 0 Å². The number of thiazole rings is 1. The van der Waals surface area contributed by atoms with Crippen molar-refractivity contribution in [2.45, 2.75) is 0 Å². The first-order valence-corrected chi connectivity index (χ1v) is 9.26. The van der Waals surface area contributed by atoms with Crippen molar-refractivity contribution in [3.8, 4) is 34.3 Å². The first-order chi connectivity index (χ1) is 13.6. The van der Waals surface area contributed by atoms with Gasteiger partial charge in [0, 0.05) is 23.6 Å². The van der Waals surface area contributed by atoms with Crippen molar-refractivity contribution in [3.05, 3.63) is 52.1 Å². The standard InChI is InChI=1S/C20H21N3O4S/c1-21-20-23(22-11-13-9-14(25-2)5-7-18(13)24)17(12-28-20)16-10-15(26-3)6-8-19(16)27-4/h5-12,24H,1-4H3. The van der Waals surface area contributed by atoms with Crippen LogP contribution < -0.4 is 19.0 Å². The van der Waals surface area contributed by atoms with Crippen molar-refractivity contribution in [1.29, 1.82) is 0 Å². The highest BCUT2D eigenvalue weighted by Gasteiger charge is 2.14. The summed E-state index contributed by atoms with van der Waals surface area (Å²) in [5, 5.41) is 16.6. The van der Waals surface area contributed by atoms with Gasteiger partial charge in [0.1, 0.15) is 23.0 Å². The molecular weight excluding hydrogens is 378 g/mol. The maximum atomic E-state index is 10.1. The second kappa shape index (κ2) is 8.62. The van der Waals surface area contributed by atoms with E-state index in [4.69, 9.17) is 14.2 Å². The molecule has 1 aromatic heterocycles. The summed E-state index contributed by atoms with van der Waals surface area (Å²) in [6.45, 7) is 0. The van der Waals surface area contributed by atoms with Gasteiger partial charge in [-0.15, -0.1) is 11.3 Å². The summed E-state index contributed by atoms with van der Waals surface area (Å²) in [6, 6.07) is 10.5. The molecule has 8 heteroatoms. The average Bonchev–Trinajstić information content (AvgIpc) is 3.15. The summed E-state index contributed by atoms with van der Waals surface area (Å²) in [5.41, 5.74) is 2.14. The van der Waals surface area contributed by atoms with Crippen LogP contribution in [-0.2, 0) is 0 Å². The predicted molar refractivity (Wildman–Crippen MR) is 110 cm³/mol. The number of nitrogens with zero attached hydrogens (tertiary/aromatic N) is 3. The van der Waals surface area contributed by atoms with E-state index < -0.39 is 0 Å². The number of benzene rings is 2. The molecule has 0 aliphatic heterocycles. The highest BCUT2D eigenvalue weighted by Crippen LogP contribution is 2.33. The van der Waals surface area contributed by atoms with Crippen molar-refractivity contribution >= 4 is 17.6 Å². The molecule has 0 spiro atoms. The van der Waals surface area contributed by atoms with Crippen LogP contribution >= 0.6 is 11.3 Å². The number of ether oxygens (including phenoxy) is 3. The molecule has 0 atom stereocenters. The minimum Gasteiger partial charge on any atom is -0.507 e. The van der Waals surface area contributed by atoms with E-state index in [9.17, 15) is 5.11 Å². The summed E-state index contributed by atoms with van der Waals surface area (Å²) >= 11 is 1.45. The number of phenolic OH excluding ortho intramolecular Hbond substituents is 1. The second-order valence-corrected chi connectivity index (χ2v) is 6.51. The molecule has 146 valence electrons. The van der Waals surface area contributed by atoms with Gasteiger partial charge in [-0.25, -0.2) is 4.68 Å². The Morgan fingerprint density at radius 2 is 1.71 bits per heavy atom. The molecule has 7 nitrogen and oxygen atoms in total. The van der Waals surface area contributed by atoms with E-state index in [-0.39, 0.29) is 5.75 Å². The normalized spacial score (nSPS) is 11.8. The van der Waals surface area contributed by atoms with E-state index in [1.165, 1.54) is 11.3 Å². The molecule has 1 N–H and O–H groups in total. The molecule has 0 saturated heterocycles. The maximum Gasteiger partial charge on any atom is 0.205 e. The molecule has 0 unspecified atom stereocenters. The highest BCUT2D eigenvalue weighted by molar-refractivity contribution is 7.07. The molecule has 0 fully saturated rings. The smallest absolute Gasteiger partial charge is 0.205 e. The Morgan fingerprint density at radius 3 is 2.39 bits per heavy atom. The molecule has 0 saturated carbocycles. The van der Waals surface area contributed by atoms with E-state index >= 15 is 0 Å². The fraction of sp³-hybridized carbons (Fsp3) is 0.200. The Balaban J connectivity index is 2.13. The minimum absolute atomic E-state index is 0.107. The molecule has 3 rings (SSSR count). The Morgan fingerprint density at radius 1 is 1.00 bits per heavy atom. The molecule has 0 amide bonds. The van der Waals surface area contributed by atoms with Crippen LogP contribution in [0.1, 0.15) is 5.56 Å². The van der Waals surface area contributed by atoms with Gasteiger partial charge < -0.3 is 19.3 Å². The zero-order valence-corrected chi connectivity index (χ0v) is 16.9. The highest BCUT2D eigenvalue weighted by atomic mass is 32.1. The van der Waals surface area contributed by atoms with Gasteiger partial charge in [-0.05, 0) is 36.4 Å². The van der Waals surface area contributed by atoms with Crippen LogP contribution in [0.3, 0.4) is 0 Å². The van der Waals surface area contributed by atoms with Crippen molar-refractivity contribution in [2.75, 3.05) is 28.4 Å². The zero-order valence-electron chi connectivity index (χ0n) is 16.0. The van der Waals surface area contributed by atoms with Gasteiger partial charge in [0.25, 0.3) is 0 Å². The van der Waals surface area contributed by atoms with Gasteiger partial charge in [-0.1, -0.05) is 0 Å². The van der Waals surface area contributed by atoms with E-state index in [2.05, 4.69) is 10.1 Å². The number of aromatic nitrogens is 1. The van der Waals surface area contributed by atoms with Gasteiger partial charge in [0.2, 0.25) is 4.80 Å². The first-order valence-electron chi connectivity index (χ1n) is 8.38. The predicted octanol–water partition coefficient (Wildman–Crippen LogP) is 3.36. The van der Waals surface area contributed by atoms with E-state index in [0.29, 0.717) is 27.6 Å². The van der Waals surface area contributed by atoms with Crippen LogP contribution in [0.4, 0.5) is 0 Å². The SMILES string of the molecule is CN=c1scc(-c2cc(OC)ccc2OC)n1N=Cc1cc(OC)ccc1O. The molecule has 0 aliphatic rings. The topological polar surface area (TPSA) is 77.6 Å². The third kappa shape index (κ3) is 3.86. The van der Waals surface area contributed by atoms with Gasteiger partial charge >= 0.3 is 0 Å². The largest absolute Gasteiger partial charge is 0.507 e. The lowest BCUT2D eigenvalue weighted by Gasteiger charge is -2.11. The molecule has 0 aliphatic carbocycles. The Kier molecular flexibility index (Phi) is 6.00. The Hall–Kier alpha value is -3.26. The molecule has 0 radical (unpaired) electrons. The van der Waals surface area contributed by atoms with Crippen LogP contribution in [0.15, 0.2) is 51.9 Å². The van der Waals surface area contributed by atoms with Gasteiger partial charge in [0.15, 0.2) is 0 Å². The Bertz CT molecular complexity index is 1070. The summed E-state index contributed by atoms with van der Waals surface area (Å²) < 4.78 is 17.8. The van der Waals surface area contributed by atoms with Crippen molar-refractivity contribution in [2.24, 2.45) is 10.1 Å². The van der Waals surface area contributed by atoms with Gasteiger partial charge in [0.05, 0.1) is 33.2 Å². The summed E-state index contributed by atoms with van der Waals surface area (Å²) in [5.74, 6) is 2.13. The van der Waals surface area contributed by atoms with Gasteiger partial charge in [-0.3, -0.25) is 4.99 Å². The number of hydrogen-bond donors (Lipinski definition) is 1. The van der Waals surface area contributed by atoms with Crippen molar-refractivity contribution < 1.29 is 19.3 Å². The number of aromatic hydroxyl groups is 1. The third-order valence-electron chi connectivity index (χ3n) is 4.11. The summed E-state index contributed by atoms with van der Waals surface area (Å²) in [4.78, 5) is 4.98. The molecule has 2 aromatic carbocycles. The lowest BCUT2D eigenvalue weighted by atomic mass is 10.1. The van der Waals surface area contributed by atoms with Crippen molar-refractivity contribution in [3.63, 3.8) is 0 Å². The molecule has 1 heterocycles. The minimum atomic E-state index is 0.107. The molecule has 3 aromatic rings.